The van der Waals surface area contributed by atoms with Gasteiger partial charge in [-0.3, -0.25) is 4.99 Å². The van der Waals surface area contributed by atoms with Gasteiger partial charge in [-0.1, -0.05) is 17.7 Å². The number of aliphatic imine (C=N–C) groups is 1. The Morgan fingerprint density at radius 3 is 2.69 bits per heavy atom. The molecule has 3 nitrogen and oxygen atoms in total. The summed E-state index contributed by atoms with van der Waals surface area (Å²) in [5.74, 6) is 5.87. The van der Waals surface area contributed by atoms with Gasteiger partial charge >= 0.3 is 0 Å². The summed E-state index contributed by atoms with van der Waals surface area (Å²) in [6, 6.07) is 5.73. The molecule has 0 aromatic heterocycles. The standard InChI is InChI=1S/C9H12ClN3/c1-6-3-4-7(8(10)5-6)9(12-2)13-11/h3-5H,11H2,1-2H3,(H,12,13). The van der Waals surface area contributed by atoms with Crippen LogP contribution >= 0.6 is 11.6 Å². The van der Waals surface area contributed by atoms with Crippen LogP contribution < -0.4 is 11.3 Å². The molecule has 1 aromatic rings. The van der Waals surface area contributed by atoms with Crippen molar-refractivity contribution >= 4 is 17.4 Å². The van der Waals surface area contributed by atoms with Crippen LogP contribution in [0.1, 0.15) is 11.1 Å². The predicted molar refractivity (Wildman–Crippen MR) is 56.0 cm³/mol. The van der Waals surface area contributed by atoms with Gasteiger partial charge in [0, 0.05) is 12.6 Å². The Balaban J connectivity index is 3.15. The molecular formula is C9H12ClN3. The topological polar surface area (TPSA) is 50.4 Å². The highest BCUT2D eigenvalue weighted by atomic mass is 35.5. The highest BCUT2D eigenvalue weighted by Crippen LogP contribution is 2.17. The fraction of sp³-hybridized carbons (Fsp3) is 0.222. The molecule has 0 atom stereocenters. The van der Waals surface area contributed by atoms with Crippen molar-refractivity contribution in [3.05, 3.63) is 34.3 Å². The Bertz CT molecular complexity index is 334. The van der Waals surface area contributed by atoms with E-state index in [0.29, 0.717) is 10.9 Å². The fourth-order valence-corrected chi connectivity index (χ4v) is 1.40. The van der Waals surface area contributed by atoms with E-state index in [1.807, 2.05) is 25.1 Å². The maximum atomic E-state index is 6.01. The number of amidine groups is 1. The minimum atomic E-state index is 0.588. The van der Waals surface area contributed by atoms with E-state index in [9.17, 15) is 0 Å². The molecular weight excluding hydrogens is 186 g/mol. The largest absolute Gasteiger partial charge is 0.308 e. The van der Waals surface area contributed by atoms with Crippen LogP contribution in [-0.2, 0) is 0 Å². The summed E-state index contributed by atoms with van der Waals surface area (Å²) in [4.78, 5) is 3.96. The van der Waals surface area contributed by atoms with Gasteiger partial charge in [0.15, 0.2) is 0 Å². The minimum absolute atomic E-state index is 0.588. The molecule has 13 heavy (non-hydrogen) atoms. The Hall–Kier alpha value is -1.06. The fourth-order valence-electron chi connectivity index (χ4n) is 1.07. The highest BCUT2D eigenvalue weighted by molar-refractivity contribution is 6.34. The summed E-state index contributed by atoms with van der Waals surface area (Å²) in [6.07, 6.45) is 0. The smallest absolute Gasteiger partial charge is 0.143 e. The van der Waals surface area contributed by atoms with Gasteiger partial charge in [-0.2, -0.15) is 0 Å². The molecule has 0 saturated heterocycles. The summed E-state index contributed by atoms with van der Waals surface area (Å²) in [5.41, 5.74) is 4.42. The van der Waals surface area contributed by atoms with Crippen LogP contribution in [0.25, 0.3) is 0 Å². The summed E-state index contributed by atoms with van der Waals surface area (Å²) in [5, 5.41) is 0.651. The zero-order valence-corrected chi connectivity index (χ0v) is 8.39. The van der Waals surface area contributed by atoms with Crippen molar-refractivity contribution in [2.45, 2.75) is 6.92 Å². The molecule has 1 aromatic carbocycles. The Morgan fingerprint density at radius 1 is 1.54 bits per heavy atom. The Kier molecular flexibility index (Phi) is 3.28. The van der Waals surface area contributed by atoms with E-state index in [2.05, 4.69) is 10.4 Å². The first-order chi connectivity index (χ1) is 6.19. The van der Waals surface area contributed by atoms with E-state index >= 15 is 0 Å². The van der Waals surface area contributed by atoms with Crippen molar-refractivity contribution in [3.63, 3.8) is 0 Å². The number of nitrogens with zero attached hydrogens (tertiary/aromatic N) is 1. The van der Waals surface area contributed by atoms with Gasteiger partial charge in [-0.25, -0.2) is 5.84 Å². The van der Waals surface area contributed by atoms with Crippen molar-refractivity contribution in [1.29, 1.82) is 0 Å². The van der Waals surface area contributed by atoms with Crippen molar-refractivity contribution < 1.29 is 0 Å². The molecule has 0 aliphatic rings. The van der Waals surface area contributed by atoms with Gasteiger partial charge in [0.2, 0.25) is 0 Å². The summed E-state index contributed by atoms with van der Waals surface area (Å²) < 4.78 is 0. The van der Waals surface area contributed by atoms with Crippen LogP contribution in [0.5, 0.6) is 0 Å². The van der Waals surface area contributed by atoms with Crippen LogP contribution in [0.2, 0.25) is 5.02 Å². The molecule has 0 unspecified atom stereocenters. The zero-order valence-electron chi connectivity index (χ0n) is 7.63. The first kappa shape index (κ1) is 10.0. The van der Waals surface area contributed by atoms with Gasteiger partial charge in [-0.15, -0.1) is 0 Å². The van der Waals surface area contributed by atoms with Gasteiger partial charge in [-0.05, 0) is 24.6 Å². The van der Waals surface area contributed by atoms with Crippen LogP contribution in [0.3, 0.4) is 0 Å². The van der Waals surface area contributed by atoms with Gasteiger partial charge in [0.1, 0.15) is 5.84 Å². The summed E-state index contributed by atoms with van der Waals surface area (Å²) in [6.45, 7) is 1.98. The maximum absolute atomic E-state index is 6.01. The quantitative estimate of drug-likeness (QED) is 0.310. The van der Waals surface area contributed by atoms with Crippen molar-refractivity contribution in [2.75, 3.05) is 7.05 Å². The average molecular weight is 198 g/mol. The summed E-state index contributed by atoms with van der Waals surface area (Å²) in [7, 11) is 1.66. The number of benzene rings is 1. The van der Waals surface area contributed by atoms with E-state index in [1.54, 1.807) is 7.05 Å². The molecule has 0 aliphatic heterocycles. The Morgan fingerprint density at radius 2 is 2.23 bits per heavy atom. The van der Waals surface area contributed by atoms with Crippen molar-refractivity contribution in [1.82, 2.24) is 5.43 Å². The maximum Gasteiger partial charge on any atom is 0.143 e. The van der Waals surface area contributed by atoms with E-state index in [0.717, 1.165) is 11.1 Å². The second-order valence-corrected chi connectivity index (χ2v) is 3.11. The minimum Gasteiger partial charge on any atom is -0.308 e. The van der Waals surface area contributed by atoms with Crippen LogP contribution in [0, 0.1) is 6.92 Å². The second-order valence-electron chi connectivity index (χ2n) is 2.70. The molecule has 0 spiro atoms. The van der Waals surface area contributed by atoms with Gasteiger partial charge < -0.3 is 5.43 Å². The van der Waals surface area contributed by atoms with E-state index in [-0.39, 0.29) is 0 Å². The van der Waals surface area contributed by atoms with Crippen LogP contribution in [-0.4, -0.2) is 12.9 Å². The number of nitrogens with two attached hydrogens (primary N) is 1. The Labute approximate surface area is 82.6 Å². The lowest BCUT2D eigenvalue weighted by atomic mass is 10.1. The molecule has 0 aliphatic carbocycles. The van der Waals surface area contributed by atoms with Gasteiger partial charge in [0.05, 0.1) is 5.02 Å². The molecule has 0 heterocycles. The molecule has 0 radical (unpaired) electrons. The van der Waals surface area contributed by atoms with E-state index in [1.165, 1.54) is 0 Å². The normalized spacial score (nSPS) is 11.5. The molecule has 1 rings (SSSR count). The molecule has 4 heteroatoms. The number of hydrazine groups is 1. The number of hydrogen-bond acceptors (Lipinski definition) is 2. The lowest BCUT2D eigenvalue weighted by molar-refractivity contribution is 1.02. The van der Waals surface area contributed by atoms with Crippen molar-refractivity contribution in [2.24, 2.45) is 10.8 Å². The van der Waals surface area contributed by atoms with Gasteiger partial charge in [0.25, 0.3) is 0 Å². The lowest BCUT2D eigenvalue weighted by Crippen LogP contribution is -2.31. The number of halogens is 1. The molecule has 0 fully saturated rings. The third-order valence-corrected chi connectivity index (χ3v) is 2.05. The monoisotopic (exact) mass is 197 g/mol. The predicted octanol–water partition coefficient (Wildman–Crippen LogP) is 1.49. The number of nitrogens with one attached hydrogen (secondary N) is 1. The zero-order chi connectivity index (χ0) is 9.84. The first-order valence-electron chi connectivity index (χ1n) is 3.89. The molecule has 0 amide bonds. The second kappa shape index (κ2) is 4.25. The van der Waals surface area contributed by atoms with Crippen LogP contribution in [0.15, 0.2) is 23.2 Å². The molecule has 0 saturated carbocycles. The van der Waals surface area contributed by atoms with E-state index < -0.39 is 0 Å². The number of aryl methyl sites for hydroxylation is 1. The lowest BCUT2D eigenvalue weighted by Gasteiger charge is -2.07. The first-order valence-corrected chi connectivity index (χ1v) is 4.26. The average Bonchev–Trinajstić information content (AvgIpc) is 2.10. The SMILES string of the molecule is CN=C(NN)c1ccc(C)cc1Cl. The molecule has 3 N–H and O–H groups in total. The highest BCUT2D eigenvalue weighted by Gasteiger charge is 2.05. The summed E-state index contributed by atoms with van der Waals surface area (Å²) >= 11 is 6.01. The van der Waals surface area contributed by atoms with E-state index in [4.69, 9.17) is 17.4 Å². The molecule has 0 bridgehead atoms. The third kappa shape index (κ3) is 2.20. The van der Waals surface area contributed by atoms with Crippen LogP contribution in [0.4, 0.5) is 0 Å². The number of rotatable bonds is 1. The van der Waals surface area contributed by atoms with Crippen molar-refractivity contribution in [3.8, 4) is 0 Å². The third-order valence-electron chi connectivity index (χ3n) is 1.74. The molecule has 70 valence electrons. The number of hydrogen-bond donors (Lipinski definition) is 2.